The van der Waals surface area contributed by atoms with Crippen molar-refractivity contribution in [2.75, 3.05) is 13.6 Å². The number of hydrogen-bond acceptors (Lipinski definition) is 3. The maximum Gasteiger partial charge on any atom is 0.253 e. The van der Waals surface area contributed by atoms with Gasteiger partial charge >= 0.3 is 0 Å². The van der Waals surface area contributed by atoms with Crippen molar-refractivity contribution < 1.29 is 13.2 Å². The lowest BCUT2D eigenvalue weighted by molar-refractivity contribution is 0.0779. The van der Waals surface area contributed by atoms with Crippen LogP contribution >= 0.6 is 0 Å². The van der Waals surface area contributed by atoms with E-state index in [1.807, 2.05) is 13.8 Å². The molecule has 1 aromatic rings. The second-order valence-electron chi connectivity index (χ2n) is 5.54. The lowest BCUT2D eigenvalue weighted by atomic mass is 10.0. The van der Waals surface area contributed by atoms with Crippen LogP contribution in [-0.2, 0) is 10.0 Å². The van der Waals surface area contributed by atoms with Crippen molar-refractivity contribution in [1.82, 2.24) is 4.90 Å². The van der Waals surface area contributed by atoms with Gasteiger partial charge in [0.2, 0.25) is 10.0 Å². The molecule has 2 N–H and O–H groups in total. The number of sulfonamides is 1. The van der Waals surface area contributed by atoms with Gasteiger partial charge in [0.1, 0.15) is 0 Å². The molecule has 0 aliphatic carbocycles. The van der Waals surface area contributed by atoms with Crippen LogP contribution in [0.15, 0.2) is 17.0 Å². The molecule has 0 saturated carbocycles. The average molecular weight is 298 g/mol. The monoisotopic (exact) mass is 298 g/mol. The van der Waals surface area contributed by atoms with Crippen molar-refractivity contribution >= 4 is 15.9 Å². The van der Waals surface area contributed by atoms with Crippen LogP contribution in [0.25, 0.3) is 0 Å². The lowest BCUT2D eigenvalue weighted by Gasteiger charge is -2.20. The van der Waals surface area contributed by atoms with Gasteiger partial charge in [-0.2, -0.15) is 0 Å². The van der Waals surface area contributed by atoms with Gasteiger partial charge in [-0.25, -0.2) is 13.6 Å². The molecule has 6 heteroatoms. The molecule has 0 saturated heterocycles. The summed E-state index contributed by atoms with van der Waals surface area (Å²) in [5.41, 5.74) is 1.66. The summed E-state index contributed by atoms with van der Waals surface area (Å²) >= 11 is 0. The van der Waals surface area contributed by atoms with E-state index in [0.717, 1.165) is 5.56 Å². The predicted molar refractivity (Wildman–Crippen MR) is 79.1 cm³/mol. The number of benzene rings is 1. The third-order valence-electron chi connectivity index (χ3n) is 3.16. The van der Waals surface area contributed by atoms with E-state index in [2.05, 4.69) is 0 Å². The summed E-state index contributed by atoms with van der Waals surface area (Å²) in [4.78, 5) is 13.9. The minimum Gasteiger partial charge on any atom is -0.341 e. The molecule has 20 heavy (non-hydrogen) atoms. The molecule has 0 spiro atoms. The minimum atomic E-state index is -3.83. The van der Waals surface area contributed by atoms with Crippen LogP contribution in [0.1, 0.15) is 35.3 Å². The molecule has 0 heterocycles. The van der Waals surface area contributed by atoms with E-state index in [9.17, 15) is 13.2 Å². The zero-order valence-corrected chi connectivity index (χ0v) is 13.4. The van der Waals surface area contributed by atoms with Crippen molar-refractivity contribution in [1.29, 1.82) is 0 Å². The SMILES string of the molecule is Cc1cc(C(=O)N(C)CC(C)C)cc(S(N)(=O)=O)c1C. The van der Waals surface area contributed by atoms with Crippen LogP contribution in [0.4, 0.5) is 0 Å². The average Bonchev–Trinajstić information content (AvgIpc) is 2.29. The Morgan fingerprint density at radius 1 is 1.30 bits per heavy atom. The summed E-state index contributed by atoms with van der Waals surface area (Å²) in [7, 11) is -2.13. The Labute approximate surface area is 120 Å². The van der Waals surface area contributed by atoms with Crippen molar-refractivity contribution in [2.24, 2.45) is 11.1 Å². The third-order valence-corrected chi connectivity index (χ3v) is 4.20. The Balaban J connectivity index is 3.28. The fraction of sp³-hybridized carbons (Fsp3) is 0.500. The van der Waals surface area contributed by atoms with Gasteiger partial charge in [-0.05, 0) is 43.0 Å². The van der Waals surface area contributed by atoms with Gasteiger partial charge in [-0.1, -0.05) is 13.8 Å². The lowest BCUT2D eigenvalue weighted by Crippen LogP contribution is -2.30. The Hall–Kier alpha value is -1.40. The summed E-state index contributed by atoms with van der Waals surface area (Å²) in [5.74, 6) is 0.139. The van der Waals surface area contributed by atoms with Gasteiger partial charge in [0.25, 0.3) is 5.91 Å². The van der Waals surface area contributed by atoms with Crippen molar-refractivity contribution in [3.63, 3.8) is 0 Å². The highest BCUT2D eigenvalue weighted by atomic mass is 32.2. The largest absolute Gasteiger partial charge is 0.341 e. The first kappa shape index (κ1) is 16.7. The van der Waals surface area contributed by atoms with Crippen LogP contribution in [0, 0.1) is 19.8 Å². The van der Waals surface area contributed by atoms with E-state index < -0.39 is 10.0 Å². The fourth-order valence-electron chi connectivity index (χ4n) is 2.10. The van der Waals surface area contributed by atoms with Crippen LogP contribution in [0.2, 0.25) is 0 Å². The zero-order valence-electron chi connectivity index (χ0n) is 12.6. The molecule has 0 aliphatic rings. The summed E-state index contributed by atoms with van der Waals surface area (Å²) in [6.07, 6.45) is 0. The quantitative estimate of drug-likeness (QED) is 0.918. The van der Waals surface area contributed by atoms with E-state index in [-0.39, 0.29) is 10.8 Å². The number of nitrogens with two attached hydrogens (primary N) is 1. The molecule has 1 amide bonds. The Morgan fingerprint density at radius 2 is 1.85 bits per heavy atom. The van der Waals surface area contributed by atoms with Crippen LogP contribution in [-0.4, -0.2) is 32.8 Å². The molecular formula is C14H22N2O3S. The maximum atomic E-state index is 12.3. The molecule has 0 bridgehead atoms. The zero-order chi connectivity index (χ0) is 15.7. The first-order valence-corrected chi connectivity index (χ1v) is 7.98. The first-order valence-electron chi connectivity index (χ1n) is 6.43. The van der Waals surface area contributed by atoms with E-state index in [0.29, 0.717) is 23.6 Å². The standard InChI is InChI=1S/C14H22N2O3S/c1-9(2)8-16(5)14(17)12-6-10(3)11(4)13(7-12)20(15,18)19/h6-7,9H,8H2,1-5H3,(H2,15,18,19). The highest BCUT2D eigenvalue weighted by Crippen LogP contribution is 2.21. The van der Waals surface area contributed by atoms with Crippen LogP contribution in [0.5, 0.6) is 0 Å². The molecular weight excluding hydrogens is 276 g/mol. The highest BCUT2D eigenvalue weighted by molar-refractivity contribution is 7.89. The van der Waals surface area contributed by atoms with Crippen molar-refractivity contribution in [2.45, 2.75) is 32.6 Å². The summed E-state index contributed by atoms with van der Waals surface area (Å²) < 4.78 is 23.2. The summed E-state index contributed by atoms with van der Waals surface area (Å²) in [6, 6.07) is 3.06. The van der Waals surface area contributed by atoms with Gasteiger partial charge < -0.3 is 4.90 Å². The Bertz CT molecular complexity index is 622. The normalized spacial score (nSPS) is 11.8. The number of nitrogens with zero attached hydrogens (tertiary/aromatic N) is 1. The van der Waals surface area contributed by atoms with E-state index in [1.165, 1.54) is 6.07 Å². The molecule has 112 valence electrons. The van der Waals surface area contributed by atoms with Crippen molar-refractivity contribution in [3.05, 3.63) is 28.8 Å². The molecule has 0 aromatic heterocycles. The van der Waals surface area contributed by atoms with Gasteiger partial charge in [0.05, 0.1) is 4.90 Å². The van der Waals surface area contributed by atoms with Crippen LogP contribution in [0.3, 0.4) is 0 Å². The van der Waals surface area contributed by atoms with E-state index in [4.69, 9.17) is 5.14 Å². The second kappa shape index (κ2) is 5.93. The van der Waals surface area contributed by atoms with Gasteiger partial charge in [0.15, 0.2) is 0 Å². The smallest absolute Gasteiger partial charge is 0.253 e. The fourth-order valence-corrected chi connectivity index (χ4v) is 2.98. The Kier molecular flexibility index (Phi) is 4.94. The molecule has 1 rings (SSSR count). The van der Waals surface area contributed by atoms with Gasteiger partial charge in [-0.3, -0.25) is 4.79 Å². The van der Waals surface area contributed by atoms with E-state index >= 15 is 0 Å². The van der Waals surface area contributed by atoms with Gasteiger partial charge in [-0.15, -0.1) is 0 Å². The highest BCUT2D eigenvalue weighted by Gasteiger charge is 2.19. The van der Waals surface area contributed by atoms with Crippen molar-refractivity contribution in [3.8, 4) is 0 Å². The maximum absolute atomic E-state index is 12.3. The molecule has 0 fully saturated rings. The predicted octanol–water partition coefficient (Wildman–Crippen LogP) is 1.68. The minimum absolute atomic E-state index is 0.0128. The van der Waals surface area contributed by atoms with E-state index in [1.54, 1.807) is 31.9 Å². The number of amides is 1. The number of aryl methyl sites for hydroxylation is 1. The Morgan fingerprint density at radius 3 is 2.30 bits per heavy atom. The molecule has 0 unspecified atom stereocenters. The van der Waals surface area contributed by atoms with Gasteiger partial charge in [0, 0.05) is 19.2 Å². The number of primary sulfonamides is 1. The number of carbonyl (C=O) groups is 1. The molecule has 5 nitrogen and oxygen atoms in total. The number of hydrogen-bond donors (Lipinski definition) is 1. The number of carbonyl (C=O) groups excluding carboxylic acids is 1. The molecule has 0 atom stereocenters. The molecule has 0 radical (unpaired) electrons. The second-order valence-corrected chi connectivity index (χ2v) is 7.07. The topological polar surface area (TPSA) is 80.5 Å². The molecule has 0 aliphatic heterocycles. The molecule has 1 aromatic carbocycles. The first-order chi connectivity index (χ1) is 9.04. The van der Waals surface area contributed by atoms with Crippen LogP contribution < -0.4 is 5.14 Å². The summed E-state index contributed by atoms with van der Waals surface area (Å²) in [5, 5.41) is 5.20. The third kappa shape index (κ3) is 3.80. The number of rotatable bonds is 4. The summed E-state index contributed by atoms with van der Waals surface area (Å²) in [6.45, 7) is 8.08.